The van der Waals surface area contributed by atoms with Gasteiger partial charge < -0.3 is 14.7 Å². The van der Waals surface area contributed by atoms with Gasteiger partial charge in [0.05, 0.1) is 11.8 Å². The Kier molecular flexibility index (Phi) is 9.35. The molecule has 3 atom stereocenters. The van der Waals surface area contributed by atoms with E-state index in [0.29, 0.717) is 24.1 Å². The molecule has 1 N–H and O–H groups in total. The molecule has 0 amide bonds. The lowest BCUT2D eigenvalue weighted by Gasteiger charge is -2.35. The smallest absolute Gasteiger partial charge is 0.313 e. The van der Waals surface area contributed by atoms with Crippen molar-refractivity contribution in [3.05, 3.63) is 35.6 Å². The van der Waals surface area contributed by atoms with Gasteiger partial charge in [-0.2, -0.15) is 0 Å². The van der Waals surface area contributed by atoms with Crippen LogP contribution in [-0.4, -0.2) is 41.1 Å². The van der Waals surface area contributed by atoms with Gasteiger partial charge in [-0.15, -0.1) is 0 Å². The highest BCUT2D eigenvalue weighted by Gasteiger charge is 2.33. The fourth-order valence-corrected chi connectivity index (χ4v) is 4.45. The van der Waals surface area contributed by atoms with Gasteiger partial charge in [0.1, 0.15) is 5.76 Å². The van der Waals surface area contributed by atoms with Gasteiger partial charge in [0.15, 0.2) is 0 Å². The predicted molar refractivity (Wildman–Crippen MR) is 120 cm³/mol. The van der Waals surface area contributed by atoms with Crippen molar-refractivity contribution in [3.8, 4) is 0 Å². The van der Waals surface area contributed by atoms with Crippen molar-refractivity contribution in [1.82, 2.24) is 4.90 Å². The molecule has 0 saturated heterocycles. The van der Waals surface area contributed by atoms with E-state index < -0.39 is 11.9 Å². The summed E-state index contributed by atoms with van der Waals surface area (Å²) in [6, 6.07) is 0.461. The molecule has 0 aromatic heterocycles. The zero-order chi connectivity index (χ0) is 22.3. The molecule has 0 spiro atoms. The van der Waals surface area contributed by atoms with Crippen LogP contribution in [0.2, 0.25) is 0 Å². The lowest BCUT2D eigenvalue weighted by Crippen LogP contribution is -2.34. The summed E-state index contributed by atoms with van der Waals surface area (Å²) in [6.45, 7) is 12.1. The minimum atomic E-state index is -0.826. The van der Waals surface area contributed by atoms with Crippen LogP contribution in [0, 0.1) is 23.7 Å². The van der Waals surface area contributed by atoms with E-state index in [1.54, 1.807) is 12.2 Å². The van der Waals surface area contributed by atoms with E-state index in [4.69, 9.17) is 4.74 Å². The number of allylic oxidation sites excluding steroid dienone is 4. The van der Waals surface area contributed by atoms with E-state index in [1.807, 2.05) is 13.8 Å². The second kappa shape index (κ2) is 11.5. The van der Waals surface area contributed by atoms with Crippen LogP contribution in [0.5, 0.6) is 0 Å². The van der Waals surface area contributed by atoms with Crippen molar-refractivity contribution < 1.29 is 19.4 Å². The number of hydrogen-bond donors (Lipinski definition) is 1. The summed E-state index contributed by atoms with van der Waals surface area (Å²) in [7, 11) is 0. The number of carbonyl (C=O) groups is 2. The Morgan fingerprint density at radius 2 is 1.97 bits per heavy atom. The van der Waals surface area contributed by atoms with E-state index in [-0.39, 0.29) is 17.8 Å². The number of carboxylic acid groups (broad SMARTS) is 1. The fourth-order valence-electron chi connectivity index (χ4n) is 4.45. The van der Waals surface area contributed by atoms with Crippen molar-refractivity contribution >= 4 is 11.9 Å². The molecule has 3 unspecified atom stereocenters. The van der Waals surface area contributed by atoms with E-state index in [2.05, 4.69) is 37.8 Å². The molecular weight excluding hydrogens is 378 g/mol. The number of rotatable bonds is 10. The summed E-state index contributed by atoms with van der Waals surface area (Å²) < 4.78 is 5.77. The van der Waals surface area contributed by atoms with Gasteiger partial charge in [-0.3, -0.25) is 9.59 Å². The van der Waals surface area contributed by atoms with Crippen molar-refractivity contribution in [2.24, 2.45) is 23.7 Å². The number of nitrogens with zero attached hydrogens (tertiary/aromatic N) is 1. The second-order valence-corrected chi connectivity index (χ2v) is 9.11. The molecule has 0 bridgehead atoms. The molecule has 0 saturated carbocycles. The zero-order valence-electron chi connectivity index (χ0n) is 19.3. The Morgan fingerprint density at radius 1 is 1.23 bits per heavy atom. The molecule has 2 aliphatic rings. The summed E-state index contributed by atoms with van der Waals surface area (Å²) in [5, 5.41) is 9.63. The Hall–Kier alpha value is -1.88. The number of aliphatic carboxylic acids is 1. The van der Waals surface area contributed by atoms with Gasteiger partial charge in [-0.25, -0.2) is 0 Å². The fraction of sp³-hybridized carbons (Fsp3) is 0.680. The second-order valence-electron chi connectivity index (χ2n) is 9.11. The first-order valence-corrected chi connectivity index (χ1v) is 11.5. The van der Waals surface area contributed by atoms with Crippen molar-refractivity contribution in [2.75, 3.05) is 13.1 Å². The largest absolute Gasteiger partial charge is 0.481 e. The van der Waals surface area contributed by atoms with Crippen LogP contribution in [0.15, 0.2) is 35.6 Å². The van der Waals surface area contributed by atoms with E-state index in [0.717, 1.165) is 44.3 Å². The first-order chi connectivity index (χ1) is 14.2. The van der Waals surface area contributed by atoms with Crippen molar-refractivity contribution in [2.45, 2.75) is 72.8 Å². The van der Waals surface area contributed by atoms with Gasteiger partial charge in [-0.05, 0) is 82.5 Å². The van der Waals surface area contributed by atoms with Crippen LogP contribution in [0.4, 0.5) is 0 Å². The molecule has 0 fully saturated rings. The average Bonchev–Trinajstić information content (AvgIpc) is 2.72. The SMILES string of the molecule is CCN(CCC(C1=C(OC(=O)C(C)C)C=CC(C(=O)O)C1)C1C=CCCC1)C(C)C. The molecule has 168 valence electrons. The van der Waals surface area contributed by atoms with Crippen LogP contribution in [0.25, 0.3) is 0 Å². The number of ether oxygens (including phenoxy) is 1. The standard InChI is InChI=1S/C25H39NO4/c1-6-26(18(4)5)15-14-21(19-10-8-7-9-11-19)22-16-20(24(27)28)12-13-23(22)30-25(29)17(2)3/h8,10,12-13,17-21H,6-7,9,11,14-16H2,1-5H3,(H,27,28). The predicted octanol–water partition coefficient (Wildman–Crippen LogP) is 5.19. The third-order valence-electron chi connectivity index (χ3n) is 6.36. The lowest BCUT2D eigenvalue weighted by molar-refractivity contribution is -0.142. The normalized spacial score (nSPS) is 22.8. The topological polar surface area (TPSA) is 66.8 Å². The van der Waals surface area contributed by atoms with Crippen molar-refractivity contribution in [3.63, 3.8) is 0 Å². The number of esters is 1. The zero-order valence-corrected chi connectivity index (χ0v) is 19.3. The Morgan fingerprint density at radius 3 is 2.50 bits per heavy atom. The first-order valence-electron chi connectivity index (χ1n) is 11.5. The minimum Gasteiger partial charge on any atom is -0.481 e. The summed E-state index contributed by atoms with van der Waals surface area (Å²) in [4.78, 5) is 26.5. The van der Waals surface area contributed by atoms with Gasteiger partial charge >= 0.3 is 11.9 Å². The molecule has 5 heteroatoms. The third-order valence-corrected chi connectivity index (χ3v) is 6.36. The molecule has 2 aliphatic carbocycles. The highest BCUT2D eigenvalue weighted by molar-refractivity contribution is 5.75. The van der Waals surface area contributed by atoms with E-state index in [1.165, 1.54) is 0 Å². The molecule has 0 aromatic carbocycles. The van der Waals surface area contributed by atoms with E-state index in [9.17, 15) is 14.7 Å². The monoisotopic (exact) mass is 417 g/mol. The third kappa shape index (κ3) is 6.56. The Labute approximate surface area is 181 Å². The Bertz CT molecular complexity index is 689. The molecule has 0 radical (unpaired) electrons. The molecule has 5 nitrogen and oxygen atoms in total. The van der Waals surface area contributed by atoms with E-state index >= 15 is 0 Å². The maximum atomic E-state index is 12.3. The highest BCUT2D eigenvalue weighted by atomic mass is 16.5. The Balaban J connectivity index is 2.39. The van der Waals surface area contributed by atoms with Crippen LogP contribution in [0.1, 0.15) is 66.7 Å². The quantitative estimate of drug-likeness (QED) is 0.391. The van der Waals surface area contributed by atoms with Crippen LogP contribution < -0.4 is 0 Å². The van der Waals surface area contributed by atoms with Gasteiger partial charge in [-0.1, -0.05) is 39.0 Å². The van der Waals surface area contributed by atoms with Crippen LogP contribution >= 0.6 is 0 Å². The van der Waals surface area contributed by atoms with Gasteiger partial charge in [0.2, 0.25) is 0 Å². The van der Waals surface area contributed by atoms with Gasteiger partial charge in [0, 0.05) is 6.04 Å². The maximum Gasteiger partial charge on any atom is 0.313 e. The van der Waals surface area contributed by atoms with Crippen molar-refractivity contribution in [1.29, 1.82) is 0 Å². The van der Waals surface area contributed by atoms with Crippen LogP contribution in [-0.2, 0) is 14.3 Å². The number of carbonyl (C=O) groups excluding carboxylic acids is 1. The number of hydrogen-bond acceptors (Lipinski definition) is 4. The molecule has 0 heterocycles. The summed E-state index contributed by atoms with van der Waals surface area (Å²) >= 11 is 0. The summed E-state index contributed by atoms with van der Waals surface area (Å²) in [5.74, 6) is -0.783. The van der Waals surface area contributed by atoms with Gasteiger partial charge in [0.25, 0.3) is 0 Å². The molecular formula is C25H39NO4. The molecule has 2 rings (SSSR count). The van der Waals surface area contributed by atoms with Crippen LogP contribution in [0.3, 0.4) is 0 Å². The molecule has 30 heavy (non-hydrogen) atoms. The average molecular weight is 418 g/mol. The number of carboxylic acids is 1. The highest BCUT2D eigenvalue weighted by Crippen LogP contribution is 2.40. The minimum absolute atomic E-state index is 0.177. The molecule has 0 aromatic rings. The maximum absolute atomic E-state index is 12.3. The molecule has 0 aliphatic heterocycles. The summed E-state index contributed by atoms with van der Waals surface area (Å²) in [6.07, 6.45) is 12.6. The summed E-state index contributed by atoms with van der Waals surface area (Å²) in [5.41, 5.74) is 0.996. The first kappa shape index (κ1) is 24.4. The lowest BCUT2D eigenvalue weighted by atomic mass is 9.74.